The number of carboxylic acid groups (broad SMARTS) is 1. The second kappa shape index (κ2) is 11.0. The number of carbonyl (C=O) groups is 1. The molecule has 0 bridgehead atoms. The molecule has 4 N–H and O–H groups in total. The molecule has 0 saturated carbocycles. The molecule has 1 aliphatic rings. The summed E-state index contributed by atoms with van der Waals surface area (Å²) < 4.78 is 35.3. The summed E-state index contributed by atoms with van der Waals surface area (Å²) in [4.78, 5) is 33.8. The summed E-state index contributed by atoms with van der Waals surface area (Å²) in [6, 6.07) is 10.4. The maximum Gasteiger partial charge on any atom is 0.490 e. The first kappa shape index (κ1) is 27.0. The van der Waals surface area contributed by atoms with Gasteiger partial charge in [-0.2, -0.15) is 23.1 Å². The number of rotatable bonds is 5. The Hall–Kier alpha value is -3.61. The lowest BCUT2D eigenvalue weighted by Crippen LogP contribution is -2.44. The van der Waals surface area contributed by atoms with Crippen LogP contribution in [0.1, 0.15) is 32.3 Å². The van der Waals surface area contributed by atoms with Gasteiger partial charge in [0, 0.05) is 32.2 Å². The number of alkyl halides is 3. The molecule has 0 amide bonds. The summed E-state index contributed by atoms with van der Waals surface area (Å²) >= 11 is 0. The highest BCUT2D eigenvalue weighted by molar-refractivity contribution is 5.76. The first-order valence-electron chi connectivity index (χ1n) is 11.5. The highest BCUT2D eigenvalue weighted by atomic mass is 19.4. The fourth-order valence-electron chi connectivity index (χ4n) is 3.88. The zero-order valence-electron chi connectivity index (χ0n) is 20.3. The van der Waals surface area contributed by atoms with E-state index >= 15 is 0 Å². The lowest BCUT2D eigenvalue weighted by molar-refractivity contribution is -0.192. The molecule has 1 atom stereocenters. The number of anilines is 2. The van der Waals surface area contributed by atoms with E-state index in [2.05, 4.69) is 27.3 Å². The average Bonchev–Trinajstić information content (AvgIpc) is 3.15. The topological polar surface area (TPSA) is 131 Å². The smallest absolute Gasteiger partial charge is 0.475 e. The number of imidazole rings is 1. The van der Waals surface area contributed by atoms with Gasteiger partial charge in [-0.05, 0) is 32.3 Å². The van der Waals surface area contributed by atoms with Crippen molar-refractivity contribution in [3.8, 4) is 0 Å². The van der Waals surface area contributed by atoms with Crippen LogP contribution in [0.4, 0.5) is 25.1 Å². The fraction of sp³-hybridized carbons (Fsp3) is 0.478. The molecule has 0 spiro atoms. The highest BCUT2D eigenvalue weighted by Crippen LogP contribution is 2.25. The Kier molecular flexibility index (Phi) is 8.23. The van der Waals surface area contributed by atoms with Crippen LogP contribution in [-0.2, 0) is 18.4 Å². The number of piperidine rings is 1. The van der Waals surface area contributed by atoms with Crippen LogP contribution in [0.2, 0.25) is 0 Å². The van der Waals surface area contributed by atoms with E-state index < -0.39 is 12.1 Å². The third-order valence-electron chi connectivity index (χ3n) is 5.55. The number of aromatic nitrogens is 4. The largest absolute Gasteiger partial charge is 0.490 e. The molecule has 36 heavy (non-hydrogen) atoms. The van der Waals surface area contributed by atoms with Crippen molar-refractivity contribution in [3.05, 3.63) is 46.2 Å². The number of hydrogen-bond donors (Lipinski definition) is 3. The number of carboxylic acids is 1. The van der Waals surface area contributed by atoms with Crippen molar-refractivity contribution in [1.29, 1.82) is 0 Å². The Bertz CT molecular complexity index is 1260. The van der Waals surface area contributed by atoms with E-state index in [1.807, 2.05) is 36.6 Å². The van der Waals surface area contributed by atoms with E-state index in [-0.39, 0.29) is 17.6 Å². The van der Waals surface area contributed by atoms with Crippen LogP contribution in [0.5, 0.6) is 0 Å². The van der Waals surface area contributed by atoms with Crippen molar-refractivity contribution >= 4 is 29.0 Å². The van der Waals surface area contributed by atoms with E-state index in [0.29, 0.717) is 23.7 Å². The minimum atomic E-state index is -5.08. The zero-order valence-corrected chi connectivity index (χ0v) is 20.3. The number of fused-ring (bicyclic) bond motifs is 1. The molecule has 1 saturated heterocycles. The number of hydrogen-bond acceptors (Lipinski definition) is 7. The van der Waals surface area contributed by atoms with Gasteiger partial charge in [0.15, 0.2) is 11.2 Å². The molecule has 1 aromatic carbocycles. The molecule has 2 aromatic heterocycles. The first-order valence-corrected chi connectivity index (χ1v) is 11.5. The normalized spacial score (nSPS) is 16.1. The van der Waals surface area contributed by atoms with Crippen molar-refractivity contribution in [1.82, 2.24) is 19.1 Å². The minimum absolute atomic E-state index is 0.103. The van der Waals surface area contributed by atoms with Gasteiger partial charge in [0.05, 0.1) is 6.54 Å². The average molecular weight is 510 g/mol. The Morgan fingerprint density at radius 2 is 1.89 bits per heavy atom. The van der Waals surface area contributed by atoms with Crippen molar-refractivity contribution in [2.45, 2.75) is 51.5 Å². The lowest BCUT2D eigenvalue weighted by Gasteiger charge is -2.31. The summed E-state index contributed by atoms with van der Waals surface area (Å²) in [5, 5.41) is 10.4. The summed E-state index contributed by atoms with van der Waals surface area (Å²) in [7, 11) is 1.75. The van der Waals surface area contributed by atoms with E-state index in [1.165, 1.54) is 0 Å². The van der Waals surface area contributed by atoms with Crippen LogP contribution >= 0.6 is 0 Å². The number of nitrogens with one attached hydrogen (secondary N) is 1. The number of halogens is 3. The van der Waals surface area contributed by atoms with Gasteiger partial charge in [0.2, 0.25) is 11.9 Å². The molecular weight excluding hydrogens is 479 g/mol. The predicted molar refractivity (Wildman–Crippen MR) is 130 cm³/mol. The van der Waals surface area contributed by atoms with Crippen molar-refractivity contribution in [2.24, 2.45) is 12.8 Å². The molecule has 196 valence electrons. The Morgan fingerprint density at radius 3 is 2.44 bits per heavy atom. The molecule has 3 heterocycles. The maximum atomic E-state index is 13.3. The Morgan fingerprint density at radius 1 is 1.25 bits per heavy atom. The Balaban J connectivity index is 0.000000454. The van der Waals surface area contributed by atoms with Crippen LogP contribution in [0.3, 0.4) is 0 Å². The van der Waals surface area contributed by atoms with E-state index in [0.717, 1.165) is 37.4 Å². The minimum Gasteiger partial charge on any atom is -0.475 e. The molecule has 1 aliphatic heterocycles. The molecule has 4 rings (SSSR count). The number of nitrogens with two attached hydrogens (primary N) is 1. The quantitative estimate of drug-likeness (QED) is 0.478. The molecule has 3 aromatic rings. The monoisotopic (exact) mass is 509 g/mol. The second-order valence-corrected chi connectivity index (χ2v) is 8.91. The third kappa shape index (κ3) is 6.33. The van der Waals surface area contributed by atoms with Gasteiger partial charge in [-0.25, -0.2) is 4.79 Å². The highest BCUT2D eigenvalue weighted by Gasteiger charge is 2.38. The van der Waals surface area contributed by atoms with Crippen molar-refractivity contribution in [2.75, 3.05) is 23.3 Å². The molecule has 0 radical (unpaired) electrons. The molecule has 0 aliphatic carbocycles. The molecular formula is C23H30F3N7O3. The van der Waals surface area contributed by atoms with E-state index in [1.54, 1.807) is 11.6 Å². The zero-order chi connectivity index (χ0) is 26.6. The summed E-state index contributed by atoms with van der Waals surface area (Å²) in [6.45, 7) is 6.21. The van der Waals surface area contributed by atoms with Gasteiger partial charge in [0.25, 0.3) is 5.56 Å². The SMILES string of the molecule is CC(C)Nc1nc2nc(N3CCCC(N)C3)n(Cc3ccccc3)c2c(=O)n1C.O=C(O)C(F)(F)F. The fourth-order valence-corrected chi connectivity index (χ4v) is 3.88. The Labute approximate surface area is 205 Å². The third-order valence-corrected chi connectivity index (χ3v) is 5.55. The second-order valence-electron chi connectivity index (χ2n) is 8.91. The van der Waals surface area contributed by atoms with Gasteiger partial charge < -0.3 is 21.1 Å². The van der Waals surface area contributed by atoms with Crippen LogP contribution in [0.25, 0.3) is 11.2 Å². The lowest BCUT2D eigenvalue weighted by atomic mass is 10.1. The van der Waals surface area contributed by atoms with Crippen LogP contribution in [0.15, 0.2) is 35.1 Å². The maximum absolute atomic E-state index is 13.3. The first-order chi connectivity index (χ1) is 16.9. The van der Waals surface area contributed by atoms with Crippen molar-refractivity contribution < 1.29 is 23.1 Å². The van der Waals surface area contributed by atoms with E-state index in [4.69, 9.17) is 20.6 Å². The number of nitrogens with zero attached hydrogens (tertiary/aromatic N) is 5. The number of aliphatic carboxylic acids is 1. The van der Waals surface area contributed by atoms with Crippen molar-refractivity contribution in [3.63, 3.8) is 0 Å². The number of benzene rings is 1. The molecule has 10 nitrogen and oxygen atoms in total. The van der Waals surface area contributed by atoms with Gasteiger partial charge >= 0.3 is 12.1 Å². The predicted octanol–water partition coefficient (Wildman–Crippen LogP) is 2.56. The van der Waals surface area contributed by atoms with Gasteiger partial charge in [-0.1, -0.05) is 30.3 Å². The van der Waals surface area contributed by atoms with Crippen LogP contribution in [0, 0.1) is 0 Å². The van der Waals surface area contributed by atoms with Gasteiger partial charge in [-0.15, -0.1) is 0 Å². The van der Waals surface area contributed by atoms with Gasteiger partial charge in [0.1, 0.15) is 0 Å². The summed E-state index contributed by atoms with van der Waals surface area (Å²) in [5.41, 5.74) is 8.23. The van der Waals surface area contributed by atoms with Gasteiger partial charge in [-0.3, -0.25) is 13.9 Å². The standard InChI is InChI=1S/C21H29N7O.C2HF3O2/c1-14(2)23-20-24-18-17(19(29)26(20)3)28(12-15-8-5-4-6-9-15)21(25-18)27-11-7-10-16(22)13-27;3-2(4,5)1(6)7/h4-6,8-9,14,16H,7,10-13,22H2,1-3H3,(H,23,24);(H,6,7). The summed E-state index contributed by atoms with van der Waals surface area (Å²) in [6.07, 6.45) is -3.06. The van der Waals surface area contributed by atoms with Crippen LogP contribution < -0.4 is 21.5 Å². The summed E-state index contributed by atoms with van der Waals surface area (Å²) in [5.74, 6) is -1.46. The van der Waals surface area contributed by atoms with E-state index in [9.17, 15) is 18.0 Å². The molecule has 1 fully saturated rings. The van der Waals surface area contributed by atoms with Crippen LogP contribution in [-0.4, -0.2) is 61.5 Å². The molecule has 13 heteroatoms. The molecule has 1 unspecified atom stereocenters.